The van der Waals surface area contributed by atoms with E-state index in [4.69, 9.17) is 21.1 Å². The van der Waals surface area contributed by atoms with Crippen molar-refractivity contribution in [3.05, 3.63) is 40.5 Å². The molecule has 4 nitrogen and oxygen atoms in total. The third-order valence-corrected chi connectivity index (χ3v) is 4.59. The van der Waals surface area contributed by atoms with Gasteiger partial charge in [-0.1, -0.05) is 23.7 Å². The number of nitrogens with one attached hydrogen (secondary N) is 1. The number of ether oxygens (including phenoxy) is 2. The summed E-state index contributed by atoms with van der Waals surface area (Å²) in [6.45, 7) is 1.42. The van der Waals surface area contributed by atoms with Gasteiger partial charge in [-0.3, -0.25) is 5.10 Å². The number of H-pyrrole nitrogens is 1. The first-order chi connectivity index (χ1) is 10.3. The van der Waals surface area contributed by atoms with Crippen molar-refractivity contribution < 1.29 is 9.47 Å². The molecule has 1 fully saturated rings. The number of aromatic nitrogens is 2. The smallest absolute Gasteiger partial charge is 0.160 e. The van der Waals surface area contributed by atoms with Crippen LogP contribution in [-0.2, 0) is 22.3 Å². The molecule has 2 aliphatic rings. The molecule has 1 aliphatic carbocycles. The Labute approximate surface area is 128 Å². The van der Waals surface area contributed by atoms with Crippen molar-refractivity contribution >= 4 is 11.6 Å². The second-order valence-electron chi connectivity index (χ2n) is 5.65. The number of nitrogens with zero attached hydrogens (tertiary/aromatic N) is 1. The maximum Gasteiger partial charge on any atom is 0.160 e. The van der Waals surface area contributed by atoms with Crippen LogP contribution in [0, 0.1) is 5.92 Å². The summed E-state index contributed by atoms with van der Waals surface area (Å²) in [7, 11) is 0. The molecular formula is C16H17ClN2O2. The third kappa shape index (κ3) is 2.48. The number of benzene rings is 1. The van der Waals surface area contributed by atoms with Crippen LogP contribution in [0.5, 0.6) is 0 Å². The van der Waals surface area contributed by atoms with E-state index in [9.17, 15) is 0 Å². The Morgan fingerprint density at radius 1 is 1.14 bits per heavy atom. The van der Waals surface area contributed by atoms with E-state index in [0.717, 1.165) is 35.5 Å². The molecular weight excluding hydrogens is 288 g/mol. The van der Waals surface area contributed by atoms with Gasteiger partial charge in [0.15, 0.2) is 6.29 Å². The maximum absolute atomic E-state index is 5.96. The van der Waals surface area contributed by atoms with E-state index < -0.39 is 0 Å². The molecule has 0 saturated carbocycles. The van der Waals surface area contributed by atoms with Crippen molar-refractivity contribution in [2.24, 2.45) is 5.92 Å². The summed E-state index contributed by atoms with van der Waals surface area (Å²) in [5.74, 6) is 0.420. The Bertz CT molecular complexity index is 632. The van der Waals surface area contributed by atoms with Crippen LogP contribution in [-0.4, -0.2) is 29.7 Å². The number of rotatable bonds is 2. The summed E-state index contributed by atoms with van der Waals surface area (Å²) in [5, 5.41) is 8.44. The highest BCUT2D eigenvalue weighted by Gasteiger charge is 2.32. The molecule has 0 bridgehead atoms. The first kappa shape index (κ1) is 13.3. The van der Waals surface area contributed by atoms with Crippen molar-refractivity contribution in [3.63, 3.8) is 0 Å². The van der Waals surface area contributed by atoms with E-state index in [1.54, 1.807) is 0 Å². The summed E-state index contributed by atoms with van der Waals surface area (Å²) in [6.07, 6.45) is 2.99. The molecule has 1 N–H and O–H groups in total. The van der Waals surface area contributed by atoms with Crippen LogP contribution >= 0.6 is 11.6 Å². The molecule has 21 heavy (non-hydrogen) atoms. The number of aromatic amines is 1. The predicted octanol–water partition coefficient (Wildman–Crippen LogP) is 3.21. The van der Waals surface area contributed by atoms with Crippen LogP contribution in [0.15, 0.2) is 24.3 Å². The van der Waals surface area contributed by atoms with Gasteiger partial charge in [0.1, 0.15) is 0 Å². The molecule has 5 heteroatoms. The molecule has 4 rings (SSSR count). The fraction of sp³-hybridized carbons (Fsp3) is 0.438. The number of fused-ring (bicyclic) bond motifs is 1. The third-order valence-electron chi connectivity index (χ3n) is 4.33. The molecule has 1 aromatic heterocycles. The largest absolute Gasteiger partial charge is 0.350 e. The van der Waals surface area contributed by atoms with Gasteiger partial charge in [-0.25, -0.2) is 0 Å². The van der Waals surface area contributed by atoms with E-state index in [2.05, 4.69) is 10.2 Å². The molecule has 1 aromatic carbocycles. The maximum atomic E-state index is 5.96. The molecule has 2 aromatic rings. The number of halogens is 1. The summed E-state index contributed by atoms with van der Waals surface area (Å²) < 4.78 is 11.4. The minimum absolute atomic E-state index is 0.0499. The fourth-order valence-corrected chi connectivity index (χ4v) is 3.38. The summed E-state index contributed by atoms with van der Waals surface area (Å²) in [4.78, 5) is 0. The van der Waals surface area contributed by atoms with Crippen molar-refractivity contribution in [1.82, 2.24) is 10.2 Å². The molecule has 1 saturated heterocycles. The summed E-state index contributed by atoms with van der Waals surface area (Å²) in [6, 6.07) is 7.85. The summed E-state index contributed by atoms with van der Waals surface area (Å²) in [5.41, 5.74) is 4.68. The van der Waals surface area contributed by atoms with E-state index in [-0.39, 0.29) is 6.29 Å². The second-order valence-corrected chi connectivity index (χ2v) is 6.09. The average Bonchev–Trinajstić information content (AvgIpc) is 3.17. The number of aryl methyl sites for hydroxylation is 1. The first-order valence-corrected chi connectivity index (χ1v) is 7.74. The van der Waals surface area contributed by atoms with E-state index in [1.807, 2.05) is 24.3 Å². The molecule has 1 unspecified atom stereocenters. The Hall–Kier alpha value is -1.36. The zero-order chi connectivity index (χ0) is 14.2. The number of hydrogen-bond donors (Lipinski definition) is 1. The van der Waals surface area contributed by atoms with Crippen LogP contribution in [0.25, 0.3) is 11.3 Å². The standard InChI is InChI=1S/C16H17ClN2O2/c17-12-4-1-10(2-5-12)15-13-9-11(16-20-7-8-21-16)3-6-14(13)18-19-15/h1-2,4-5,11,16H,3,6-9H2,(H,18,19). The van der Waals surface area contributed by atoms with Crippen LogP contribution < -0.4 is 0 Å². The topological polar surface area (TPSA) is 47.1 Å². The molecule has 0 spiro atoms. The lowest BCUT2D eigenvalue weighted by Gasteiger charge is -2.26. The minimum Gasteiger partial charge on any atom is -0.350 e. The van der Waals surface area contributed by atoms with Crippen molar-refractivity contribution in [3.8, 4) is 11.3 Å². The van der Waals surface area contributed by atoms with Gasteiger partial charge in [-0.05, 0) is 31.4 Å². The Morgan fingerprint density at radius 3 is 2.67 bits per heavy atom. The first-order valence-electron chi connectivity index (χ1n) is 7.36. The van der Waals surface area contributed by atoms with E-state index in [0.29, 0.717) is 19.1 Å². The molecule has 110 valence electrons. The van der Waals surface area contributed by atoms with Gasteiger partial charge in [-0.2, -0.15) is 5.10 Å². The molecule has 2 heterocycles. The number of hydrogen-bond acceptors (Lipinski definition) is 3. The lowest BCUT2D eigenvalue weighted by molar-refractivity contribution is -0.0865. The van der Waals surface area contributed by atoms with Crippen molar-refractivity contribution in [2.45, 2.75) is 25.6 Å². The highest BCUT2D eigenvalue weighted by Crippen LogP contribution is 2.35. The molecule has 1 aliphatic heterocycles. The van der Waals surface area contributed by atoms with Crippen molar-refractivity contribution in [1.29, 1.82) is 0 Å². The van der Waals surface area contributed by atoms with E-state index in [1.165, 1.54) is 11.3 Å². The zero-order valence-corrected chi connectivity index (χ0v) is 12.4. The Morgan fingerprint density at radius 2 is 1.90 bits per heavy atom. The second kappa shape index (κ2) is 5.44. The lowest BCUT2D eigenvalue weighted by Crippen LogP contribution is -2.27. The lowest BCUT2D eigenvalue weighted by atomic mass is 9.85. The summed E-state index contributed by atoms with van der Waals surface area (Å²) >= 11 is 5.96. The molecule has 0 amide bonds. The van der Waals surface area contributed by atoms with E-state index >= 15 is 0 Å². The highest BCUT2D eigenvalue weighted by atomic mass is 35.5. The van der Waals surface area contributed by atoms with Gasteiger partial charge in [-0.15, -0.1) is 0 Å². The Balaban J connectivity index is 1.64. The monoisotopic (exact) mass is 304 g/mol. The van der Waals surface area contributed by atoms with Crippen LogP contribution in [0.4, 0.5) is 0 Å². The van der Waals surface area contributed by atoms with Gasteiger partial charge < -0.3 is 9.47 Å². The highest BCUT2D eigenvalue weighted by molar-refractivity contribution is 6.30. The fourth-order valence-electron chi connectivity index (χ4n) is 3.25. The van der Waals surface area contributed by atoms with Gasteiger partial charge in [0, 0.05) is 27.8 Å². The average molecular weight is 305 g/mol. The SMILES string of the molecule is Clc1ccc(-c2n[nH]c3c2CC(C2OCCO2)CC3)cc1. The molecule has 0 radical (unpaired) electrons. The van der Waals surface area contributed by atoms with Gasteiger partial charge in [0.25, 0.3) is 0 Å². The molecule has 1 atom stereocenters. The van der Waals surface area contributed by atoms with Gasteiger partial charge in [0.2, 0.25) is 0 Å². The minimum atomic E-state index is -0.0499. The van der Waals surface area contributed by atoms with Crippen LogP contribution in [0.3, 0.4) is 0 Å². The normalized spacial score (nSPS) is 22.4. The predicted molar refractivity (Wildman–Crippen MR) is 80.2 cm³/mol. The zero-order valence-electron chi connectivity index (χ0n) is 11.6. The van der Waals surface area contributed by atoms with Crippen LogP contribution in [0.2, 0.25) is 5.02 Å². The van der Waals surface area contributed by atoms with Crippen LogP contribution in [0.1, 0.15) is 17.7 Å². The van der Waals surface area contributed by atoms with Gasteiger partial charge >= 0.3 is 0 Å². The quantitative estimate of drug-likeness (QED) is 0.927. The van der Waals surface area contributed by atoms with Gasteiger partial charge in [0.05, 0.1) is 18.9 Å². The Kier molecular flexibility index (Phi) is 3.45. The van der Waals surface area contributed by atoms with Crippen molar-refractivity contribution in [2.75, 3.05) is 13.2 Å².